The smallest absolute Gasteiger partial charge is 0.210 e. The summed E-state index contributed by atoms with van der Waals surface area (Å²) in [4.78, 5) is 15.3. The number of amides is 1. The molecule has 0 bridgehead atoms. The van der Waals surface area contributed by atoms with Crippen LogP contribution in [0.2, 0.25) is 0 Å². The fourth-order valence-electron chi connectivity index (χ4n) is 2.23. The van der Waals surface area contributed by atoms with Gasteiger partial charge in [0, 0.05) is 19.1 Å². The van der Waals surface area contributed by atoms with Crippen molar-refractivity contribution in [1.29, 1.82) is 0 Å². The molecule has 86 valence electrons. The predicted molar refractivity (Wildman–Crippen MR) is 64.0 cm³/mol. The molecule has 1 saturated heterocycles. The topological polar surface area (TPSA) is 23.6 Å². The molecule has 2 rings (SSSR count). The van der Waals surface area contributed by atoms with Gasteiger partial charge < -0.3 is 9.80 Å². The summed E-state index contributed by atoms with van der Waals surface area (Å²) >= 11 is 0. The number of benzene rings is 1. The van der Waals surface area contributed by atoms with Crippen LogP contribution in [0.3, 0.4) is 0 Å². The van der Waals surface area contributed by atoms with Gasteiger partial charge in [-0.1, -0.05) is 30.3 Å². The van der Waals surface area contributed by atoms with Crippen LogP contribution >= 0.6 is 0 Å². The van der Waals surface area contributed by atoms with Crippen LogP contribution in [0.1, 0.15) is 12.0 Å². The first-order valence-corrected chi connectivity index (χ1v) is 5.73. The Morgan fingerprint density at radius 2 is 2.19 bits per heavy atom. The summed E-state index contributed by atoms with van der Waals surface area (Å²) < 4.78 is 0. The molecule has 16 heavy (non-hydrogen) atoms. The Hall–Kier alpha value is -1.35. The quantitative estimate of drug-likeness (QED) is 0.712. The van der Waals surface area contributed by atoms with Crippen molar-refractivity contribution in [3.63, 3.8) is 0 Å². The van der Waals surface area contributed by atoms with Gasteiger partial charge in [-0.2, -0.15) is 0 Å². The van der Waals surface area contributed by atoms with Crippen molar-refractivity contribution in [3.05, 3.63) is 35.9 Å². The third kappa shape index (κ3) is 2.61. The number of hydrogen-bond acceptors (Lipinski definition) is 2. The molecule has 0 N–H and O–H groups in total. The van der Waals surface area contributed by atoms with E-state index < -0.39 is 0 Å². The summed E-state index contributed by atoms with van der Waals surface area (Å²) in [5, 5.41) is 0. The average molecular weight is 218 g/mol. The average Bonchev–Trinajstić information content (AvgIpc) is 2.74. The lowest BCUT2D eigenvalue weighted by Gasteiger charge is -2.24. The fourth-order valence-corrected chi connectivity index (χ4v) is 2.23. The van der Waals surface area contributed by atoms with Crippen LogP contribution in [0.15, 0.2) is 30.3 Å². The van der Waals surface area contributed by atoms with Gasteiger partial charge in [0.05, 0.1) is 0 Å². The van der Waals surface area contributed by atoms with Crippen LogP contribution in [0.5, 0.6) is 0 Å². The first kappa shape index (κ1) is 11.1. The van der Waals surface area contributed by atoms with Gasteiger partial charge in [-0.3, -0.25) is 4.79 Å². The van der Waals surface area contributed by atoms with E-state index in [0.29, 0.717) is 6.04 Å². The van der Waals surface area contributed by atoms with Gasteiger partial charge in [0.15, 0.2) is 0 Å². The second kappa shape index (κ2) is 5.12. The summed E-state index contributed by atoms with van der Waals surface area (Å²) in [7, 11) is 2.10. The summed E-state index contributed by atoms with van der Waals surface area (Å²) in [6.07, 6.45) is 2.07. The minimum Gasteiger partial charge on any atom is -0.337 e. The van der Waals surface area contributed by atoms with E-state index in [1.165, 1.54) is 5.56 Å². The lowest BCUT2D eigenvalue weighted by Crippen LogP contribution is -2.35. The highest BCUT2D eigenvalue weighted by Crippen LogP contribution is 2.15. The molecule has 1 aromatic carbocycles. The summed E-state index contributed by atoms with van der Waals surface area (Å²) in [6, 6.07) is 10.5. The fraction of sp³-hybridized carbons (Fsp3) is 0.462. The monoisotopic (exact) mass is 218 g/mol. The number of nitrogens with zero attached hydrogens (tertiary/aromatic N) is 2. The molecule has 1 aliphatic heterocycles. The van der Waals surface area contributed by atoms with E-state index >= 15 is 0 Å². The Labute approximate surface area is 96.7 Å². The van der Waals surface area contributed by atoms with Gasteiger partial charge in [-0.15, -0.1) is 0 Å². The van der Waals surface area contributed by atoms with Crippen molar-refractivity contribution >= 4 is 6.41 Å². The highest BCUT2D eigenvalue weighted by Gasteiger charge is 2.24. The standard InChI is InChI=1S/C13H18N2O/c1-14-8-7-13(10-14)15(11-16)9-12-5-3-2-4-6-12/h2-6,11,13H,7-10H2,1H3. The van der Waals surface area contributed by atoms with Crippen molar-refractivity contribution in [1.82, 2.24) is 9.80 Å². The SMILES string of the molecule is CN1CCC(N(C=O)Cc2ccccc2)C1. The van der Waals surface area contributed by atoms with Crippen molar-refractivity contribution in [2.24, 2.45) is 0 Å². The van der Waals surface area contributed by atoms with E-state index in [1.807, 2.05) is 23.1 Å². The van der Waals surface area contributed by atoms with Gasteiger partial charge in [0.2, 0.25) is 6.41 Å². The molecule has 0 saturated carbocycles. The third-order valence-corrected chi connectivity index (χ3v) is 3.18. The Kier molecular flexibility index (Phi) is 3.57. The Morgan fingerprint density at radius 1 is 1.44 bits per heavy atom. The van der Waals surface area contributed by atoms with Crippen LogP contribution in [-0.4, -0.2) is 42.4 Å². The van der Waals surface area contributed by atoms with Crippen molar-refractivity contribution < 1.29 is 4.79 Å². The normalized spacial score (nSPS) is 20.9. The molecule has 0 spiro atoms. The zero-order valence-corrected chi connectivity index (χ0v) is 9.67. The number of rotatable bonds is 4. The molecule has 0 aliphatic carbocycles. The van der Waals surface area contributed by atoms with Gasteiger partial charge in [-0.05, 0) is 25.6 Å². The van der Waals surface area contributed by atoms with Crippen molar-refractivity contribution in [2.75, 3.05) is 20.1 Å². The molecule has 3 nitrogen and oxygen atoms in total. The lowest BCUT2D eigenvalue weighted by molar-refractivity contribution is -0.120. The lowest BCUT2D eigenvalue weighted by atomic mass is 10.1. The molecule has 1 aliphatic rings. The Morgan fingerprint density at radius 3 is 2.75 bits per heavy atom. The zero-order chi connectivity index (χ0) is 11.4. The summed E-state index contributed by atoms with van der Waals surface area (Å²) in [5.74, 6) is 0. The molecule has 1 amide bonds. The Balaban J connectivity index is 1.98. The van der Waals surface area contributed by atoms with Gasteiger partial charge in [-0.25, -0.2) is 0 Å². The van der Waals surface area contributed by atoms with E-state index in [2.05, 4.69) is 24.1 Å². The maximum Gasteiger partial charge on any atom is 0.210 e. The first-order valence-electron chi connectivity index (χ1n) is 5.73. The molecular weight excluding hydrogens is 200 g/mol. The number of carbonyl (C=O) groups excluding carboxylic acids is 1. The molecule has 1 heterocycles. The van der Waals surface area contributed by atoms with Crippen LogP contribution < -0.4 is 0 Å². The van der Waals surface area contributed by atoms with Crippen LogP contribution in [0.25, 0.3) is 0 Å². The molecular formula is C13H18N2O. The molecule has 0 aromatic heterocycles. The van der Waals surface area contributed by atoms with E-state index in [4.69, 9.17) is 0 Å². The minimum absolute atomic E-state index is 0.378. The van der Waals surface area contributed by atoms with Gasteiger partial charge in [0.1, 0.15) is 0 Å². The second-order valence-corrected chi connectivity index (χ2v) is 4.47. The number of likely N-dealkylation sites (tertiary alicyclic amines) is 1. The van der Waals surface area contributed by atoms with Crippen molar-refractivity contribution in [2.45, 2.75) is 19.0 Å². The molecule has 0 radical (unpaired) electrons. The highest BCUT2D eigenvalue weighted by atomic mass is 16.1. The molecule has 1 fully saturated rings. The second-order valence-electron chi connectivity index (χ2n) is 4.47. The van der Waals surface area contributed by atoms with E-state index in [9.17, 15) is 4.79 Å². The zero-order valence-electron chi connectivity index (χ0n) is 9.67. The third-order valence-electron chi connectivity index (χ3n) is 3.18. The van der Waals surface area contributed by atoms with Gasteiger partial charge in [0.25, 0.3) is 0 Å². The predicted octanol–water partition coefficient (Wildman–Crippen LogP) is 1.35. The maximum absolute atomic E-state index is 11.1. The van der Waals surface area contributed by atoms with Crippen LogP contribution in [-0.2, 0) is 11.3 Å². The number of likely N-dealkylation sites (N-methyl/N-ethyl adjacent to an activating group) is 1. The first-order chi connectivity index (χ1) is 7.79. The van der Waals surface area contributed by atoms with Crippen LogP contribution in [0, 0.1) is 0 Å². The number of hydrogen-bond donors (Lipinski definition) is 0. The van der Waals surface area contributed by atoms with Crippen molar-refractivity contribution in [3.8, 4) is 0 Å². The molecule has 3 heteroatoms. The molecule has 1 unspecified atom stereocenters. The van der Waals surface area contributed by atoms with Crippen LogP contribution in [0.4, 0.5) is 0 Å². The minimum atomic E-state index is 0.378. The van der Waals surface area contributed by atoms with Gasteiger partial charge >= 0.3 is 0 Å². The highest BCUT2D eigenvalue weighted by molar-refractivity contribution is 5.48. The largest absolute Gasteiger partial charge is 0.337 e. The maximum atomic E-state index is 11.1. The Bertz CT molecular complexity index is 339. The summed E-state index contributed by atoms with van der Waals surface area (Å²) in [6.45, 7) is 2.80. The molecule has 1 aromatic rings. The van der Waals surface area contributed by atoms with E-state index in [0.717, 1.165) is 32.5 Å². The molecule has 1 atom stereocenters. The van der Waals surface area contributed by atoms with E-state index in [1.54, 1.807) is 0 Å². The summed E-state index contributed by atoms with van der Waals surface area (Å²) in [5.41, 5.74) is 1.20. The van der Waals surface area contributed by atoms with E-state index in [-0.39, 0.29) is 0 Å². The number of carbonyl (C=O) groups is 1.